The van der Waals surface area contributed by atoms with E-state index >= 15 is 0 Å². The first kappa shape index (κ1) is 14.0. The summed E-state index contributed by atoms with van der Waals surface area (Å²) < 4.78 is 40.9. The van der Waals surface area contributed by atoms with Gasteiger partial charge in [-0.05, 0) is 6.54 Å². The Morgan fingerprint density at radius 3 is 2.36 bits per heavy atom. The van der Waals surface area contributed by atoms with Crippen LogP contribution >= 0.6 is 11.6 Å². The molecule has 0 unspecified atom stereocenters. The van der Waals surface area contributed by atoms with E-state index in [4.69, 9.17) is 16.3 Å². The molecule has 0 amide bonds. The first-order valence-electron chi connectivity index (χ1n) is 4.42. The molecule has 86 valence electrons. The third-order valence-corrected chi connectivity index (χ3v) is 1.78. The first-order valence-corrected chi connectivity index (χ1v) is 4.96. The van der Waals surface area contributed by atoms with Crippen LogP contribution in [0, 0.1) is 0 Å². The van der Waals surface area contributed by atoms with Crippen molar-refractivity contribution in [3.8, 4) is 0 Å². The minimum atomic E-state index is -4.14. The van der Waals surface area contributed by atoms with Crippen molar-refractivity contribution in [2.45, 2.75) is 13.1 Å². The van der Waals surface area contributed by atoms with Crippen LogP contribution in [-0.2, 0) is 4.74 Å². The number of nitrogens with zero attached hydrogens (tertiary/aromatic N) is 1. The van der Waals surface area contributed by atoms with Gasteiger partial charge in [0, 0.05) is 12.4 Å². The fourth-order valence-corrected chi connectivity index (χ4v) is 1.06. The van der Waals surface area contributed by atoms with E-state index in [0.29, 0.717) is 19.0 Å². The lowest BCUT2D eigenvalue weighted by Gasteiger charge is -2.21. The molecule has 0 N–H and O–H groups in total. The highest BCUT2D eigenvalue weighted by atomic mass is 35.5. The van der Waals surface area contributed by atoms with Gasteiger partial charge in [0.15, 0.2) is 0 Å². The number of likely N-dealkylation sites (N-methyl/N-ethyl adjacent to an activating group) is 1. The van der Waals surface area contributed by atoms with Gasteiger partial charge < -0.3 is 4.74 Å². The van der Waals surface area contributed by atoms with Crippen LogP contribution in [0.2, 0.25) is 0 Å². The Bertz CT molecular complexity index is 143. The van der Waals surface area contributed by atoms with Crippen molar-refractivity contribution in [3.63, 3.8) is 0 Å². The Morgan fingerprint density at radius 2 is 1.93 bits per heavy atom. The van der Waals surface area contributed by atoms with Gasteiger partial charge in [0.2, 0.25) is 0 Å². The molecule has 0 radical (unpaired) electrons. The molecule has 14 heavy (non-hydrogen) atoms. The molecule has 0 spiro atoms. The molecule has 0 rings (SSSR count). The van der Waals surface area contributed by atoms with Gasteiger partial charge in [-0.2, -0.15) is 13.2 Å². The fraction of sp³-hybridized carbons (Fsp3) is 1.00. The topological polar surface area (TPSA) is 12.5 Å². The maximum absolute atomic E-state index is 12.0. The number of ether oxygens (including phenoxy) is 1. The maximum atomic E-state index is 12.0. The summed E-state index contributed by atoms with van der Waals surface area (Å²) in [5.41, 5.74) is 0. The second kappa shape index (κ2) is 7.31. The highest BCUT2D eigenvalue weighted by Gasteiger charge is 2.29. The molecular formula is C8H15ClF3NO. The van der Waals surface area contributed by atoms with Crippen LogP contribution in [0.5, 0.6) is 0 Å². The standard InChI is InChI=1S/C8H15ClF3NO/c1-2-13(7-8(10,11)12)4-6-14-5-3-9/h2-7H2,1H3. The molecule has 6 heteroatoms. The van der Waals surface area contributed by atoms with Crippen molar-refractivity contribution < 1.29 is 17.9 Å². The summed E-state index contributed by atoms with van der Waals surface area (Å²) in [5.74, 6) is 0.366. The first-order chi connectivity index (χ1) is 6.49. The zero-order chi connectivity index (χ0) is 11.0. The van der Waals surface area contributed by atoms with Crippen LogP contribution in [-0.4, -0.2) is 49.8 Å². The van der Waals surface area contributed by atoms with Gasteiger partial charge in [0.1, 0.15) is 0 Å². The largest absolute Gasteiger partial charge is 0.401 e. The van der Waals surface area contributed by atoms with E-state index < -0.39 is 12.7 Å². The molecule has 0 bridgehead atoms. The van der Waals surface area contributed by atoms with Gasteiger partial charge in [-0.25, -0.2) is 0 Å². The summed E-state index contributed by atoms with van der Waals surface area (Å²) >= 11 is 5.34. The third kappa shape index (κ3) is 8.59. The second-order valence-corrected chi connectivity index (χ2v) is 3.16. The Labute approximate surface area is 87.0 Å². The molecule has 0 aliphatic heterocycles. The predicted molar refractivity (Wildman–Crippen MR) is 49.7 cm³/mol. The molecule has 0 heterocycles. The van der Waals surface area contributed by atoms with Crippen LogP contribution < -0.4 is 0 Å². The van der Waals surface area contributed by atoms with E-state index in [1.165, 1.54) is 4.90 Å². The highest BCUT2D eigenvalue weighted by molar-refractivity contribution is 6.17. The van der Waals surface area contributed by atoms with Crippen molar-refractivity contribution >= 4 is 11.6 Å². The van der Waals surface area contributed by atoms with Gasteiger partial charge in [0.25, 0.3) is 0 Å². The van der Waals surface area contributed by atoms with Gasteiger partial charge in [-0.1, -0.05) is 6.92 Å². The fourth-order valence-electron chi connectivity index (χ4n) is 0.953. The van der Waals surface area contributed by atoms with Crippen LogP contribution in [0.3, 0.4) is 0 Å². The van der Waals surface area contributed by atoms with Crippen molar-refractivity contribution in [2.75, 3.05) is 38.7 Å². The minimum absolute atomic E-state index is 0.285. The number of rotatable bonds is 7. The monoisotopic (exact) mass is 233 g/mol. The maximum Gasteiger partial charge on any atom is 0.401 e. The van der Waals surface area contributed by atoms with Crippen LogP contribution in [0.15, 0.2) is 0 Å². The normalized spacial score (nSPS) is 12.4. The van der Waals surface area contributed by atoms with Gasteiger partial charge in [-0.15, -0.1) is 11.6 Å². The lowest BCUT2D eigenvalue weighted by Crippen LogP contribution is -2.36. The molecule has 0 aromatic carbocycles. The summed E-state index contributed by atoms with van der Waals surface area (Å²) in [5, 5.41) is 0. The smallest absolute Gasteiger partial charge is 0.379 e. The van der Waals surface area contributed by atoms with Crippen molar-refractivity contribution in [1.82, 2.24) is 4.90 Å². The van der Waals surface area contributed by atoms with Crippen LogP contribution in [0.1, 0.15) is 6.92 Å². The Kier molecular flexibility index (Phi) is 7.31. The molecular weight excluding hydrogens is 219 g/mol. The summed E-state index contributed by atoms with van der Waals surface area (Å²) in [6.07, 6.45) is -4.14. The number of hydrogen-bond donors (Lipinski definition) is 0. The Morgan fingerprint density at radius 1 is 1.29 bits per heavy atom. The zero-order valence-electron chi connectivity index (χ0n) is 8.11. The number of halogens is 4. The van der Waals surface area contributed by atoms with E-state index in [0.717, 1.165) is 0 Å². The third-order valence-electron chi connectivity index (χ3n) is 1.62. The molecule has 0 aliphatic rings. The molecule has 0 aromatic heterocycles. The Hall–Kier alpha value is -0.0000000000000000555. The lowest BCUT2D eigenvalue weighted by molar-refractivity contribution is -0.146. The summed E-state index contributed by atoms with van der Waals surface area (Å²) in [6, 6.07) is 0. The highest BCUT2D eigenvalue weighted by Crippen LogP contribution is 2.15. The molecule has 0 aromatic rings. The molecule has 0 saturated heterocycles. The predicted octanol–water partition coefficient (Wildman–Crippen LogP) is 2.13. The van der Waals surface area contributed by atoms with Gasteiger partial charge in [0.05, 0.1) is 19.8 Å². The minimum Gasteiger partial charge on any atom is -0.379 e. The van der Waals surface area contributed by atoms with E-state index in [2.05, 4.69) is 0 Å². The van der Waals surface area contributed by atoms with E-state index in [-0.39, 0.29) is 13.2 Å². The van der Waals surface area contributed by atoms with Crippen molar-refractivity contribution in [1.29, 1.82) is 0 Å². The molecule has 0 aliphatic carbocycles. The average Bonchev–Trinajstić information content (AvgIpc) is 2.08. The second-order valence-electron chi connectivity index (χ2n) is 2.79. The number of alkyl halides is 4. The lowest BCUT2D eigenvalue weighted by atomic mass is 10.4. The summed E-state index contributed by atoms with van der Waals surface area (Å²) in [6.45, 7) is 2.12. The summed E-state index contributed by atoms with van der Waals surface area (Å²) in [4.78, 5) is 1.29. The Balaban J connectivity index is 3.58. The SMILES string of the molecule is CCN(CCOCCCl)CC(F)(F)F. The van der Waals surface area contributed by atoms with Crippen LogP contribution in [0.25, 0.3) is 0 Å². The molecule has 0 fully saturated rings. The van der Waals surface area contributed by atoms with Crippen LogP contribution in [0.4, 0.5) is 13.2 Å². The van der Waals surface area contributed by atoms with Gasteiger partial charge >= 0.3 is 6.18 Å². The van der Waals surface area contributed by atoms with Crippen molar-refractivity contribution in [2.24, 2.45) is 0 Å². The van der Waals surface area contributed by atoms with Gasteiger partial charge in [-0.3, -0.25) is 4.90 Å². The average molecular weight is 234 g/mol. The van der Waals surface area contributed by atoms with Crippen molar-refractivity contribution in [3.05, 3.63) is 0 Å². The number of hydrogen-bond acceptors (Lipinski definition) is 2. The molecule has 0 atom stereocenters. The summed E-state index contributed by atoms with van der Waals surface area (Å²) in [7, 11) is 0. The quantitative estimate of drug-likeness (QED) is 0.493. The zero-order valence-corrected chi connectivity index (χ0v) is 8.87. The molecule has 2 nitrogen and oxygen atoms in total. The van der Waals surface area contributed by atoms with E-state index in [9.17, 15) is 13.2 Å². The van der Waals surface area contributed by atoms with E-state index in [1.54, 1.807) is 6.92 Å². The molecule has 0 saturated carbocycles. The van der Waals surface area contributed by atoms with E-state index in [1.807, 2.05) is 0 Å².